The van der Waals surface area contributed by atoms with Gasteiger partial charge in [0.2, 0.25) is 5.91 Å². The molecule has 0 radical (unpaired) electrons. The van der Waals surface area contributed by atoms with E-state index in [1.165, 1.54) is 17.3 Å². The maximum Gasteiger partial charge on any atom is 0.233 e. The molecule has 1 aliphatic heterocycles. The smallest absolute Gasteiger partial charge is 0.233 e. The molecule has 0 aliphatic carbocycles. The summed E-state index contributed by atoms with van der Waals surface area (Å²) in [5.74, 6) is 0.519. The number of piperazine rings is 1. The first-order chi connectivity index (χ1) is 12.0. The lowest BCUT2D eigenvalue weighted by Crippen LogP contribution is -2.49. The molecule has 1 atom stereocenters. The maximum absolute atomic E-state index is 12.9. The van der Waals surface area contributed by atoms with E-state index >= 15 is 0 Å². The van der Waals surface area contributed by atoms with Gasteiger partial charge in [-0.25, -0.2) is 9.97 Å². The zero-order chi connectivity index (χ0) is 17.8. The number of hydrogen-bond donors (Lipinski definition) is 0. The van der Waals surface area contributed by atoms with E-state index in [-0.39, 0.29) is 11.9 Å². The van der Waals surface area contributed by atoms with E-state index in [1.807, 2.05) is 43.0 Å². The van der Waals surface area contributed by atoms with Crippen LogP contribution >= 0.6 is 11.8 Å². The Hall–Kier alpha value is -1.92. The van der Waals surface area contributed by atoms with Crippen LogP contribution in [-0.2, 0) is 4.79 Å². The van der Waals surface area contributed by atoms with Crippen molar-refractivity contribution >= 4 is 17.7 Å². The molecular formula is C19H24N4OS. The third-order valence-corrected chi connectivity index (χ3v) is 5.21. The Kier molecular flexibility index (Phi) is 5.71. The molecule has 6 heteroatoms. The standard InChI is InChI=1S/C19H24N4OS/c1-14-11-15(2)21-19(20-14)25-13-18(24)23-10-9-22(3)12-17(23)16-7-5-4-6-8-16/h4-8,11,17H,9-10,12-13H2,1-3H3/t17-/m0/s1. The molecule has 0 unspecified atom stereocenters. The summed E-state index contributed by atoms with van der Waals surface area (Å²) in [4.78, 5) is 26.0. The summed E-state index contributed by atoms with van der Waals surface area (Å²) < 4.78 is 0. The summed E-state index contributed by atoms with van der Waals surface area (Å²) in [6, 6.07) is 12.3. The van der Waals surface area contributed by atoms with Crippen molar-refractivity contribution in [3.63, 3.8) is 0 Å². The Morgan fingerprint density at radius 2 is 1.84 bits per heavy atom. The minimum atomic E-state index is 0.105. The summed E-state index contributed by atoms with van der Waals surface area (Å²) in [6.45, 7) is 6.42. The minimum absolute atomic E-state index is 0.105. The first kappa shape index (κ1) is 17.9. The van der Waals surface area contributed by atoms with E-state index in [4.69, 9.17) is 0 Å². The predicted molar refractivity (Wildman–Crippen MR) is 101 cm³/mol. The number of likely N-dealkylation sites (N-methyl/N-ethyl adjacent to an activating group) is 1. The summed E-state index contributed by atoms with van der Waals surface area (Å²) in [5, 5.41) is 0.677. The number of amides is 1. The highest BCUT2D eigenvalue weighted by Crippen LogP contribution is 2.26. The molecule has 5 nitrogen and oxygen atoms in total. The molecule has 1 aliphatic rings. The highest BCUT2D eigenvalue weighted by Gasteiger charge is 2.30. The van der Waals surface area contributed by atoms with Crippen LogP contribution in [0.2, 0.25) is 0 Å². The van der Waals surface area contributed by atoms with Crippen LogP contribution in [0.3, 0.4) is 0 Å². The van der Waals surface area contributed by atoms with Crippen LogP contribution in [0.15, 0.2) is 41.6 Å². The van der Waals surface area contributed by atoms with Crippen molar-refractivity contribution in [3.05, 3.63) is 53.3 Å². The van der Waals surface area contributed by atoms with E-state index in [9.17, 15) is 4.79 Å². The molecule has 1 aromatic heterocycles. The van der Waals surface area contributed by atoms with Crippen LogP contribution in [0, 0.1) is 13.8 Å². The molecular weight excluding hydrogens is 332 g/mol. The quantitative estimate of drug-likeness (QED) is 0.623. The second-order valence-electron chi connectivity index (χ2n) is 6.50. The van der Waals surface area contributed by atoms with Crippen molar-refractivity contribution in [2.24, 2.45) is 0 Å². The molecule has 2 heterocycles. The Bertz CT molecular complexity index is 717. The van der Waals surface area contributed by atoms with Gasteiger partial charge in [0, 0.05) is 31.0 Å². The monoisotopic (exact) mass is 356 g/mol. The largest absolute Gasteiger partial charge is 0.332 e. The first-order valence-electron chi connectivity index (χ1n) is 8.51. The number of hydrogen-bond acceptors (Lipinski definition) is 5. The zero-order valence-electron chi connectivity index (χ0n) is 15.0. The summed E-state index contributed by atoms with van der Waals surface area (Å²) in [7, 11) is 2.11. The predicted octanol–water partition coefficient (Wildman–Crippen LogP) is 2.70. The molecule has 1 aromatic carbocycles. The minimum Gasteiger partial charge on any atom is -0.332 e. The number of benzene rings is 1. The second-order valence-corrected chi connectivity index (χ2v) is 7.44. The van der Waals surface area contributed by atoms with E-state index in [0.29, 0.717) is 10.9 Å². The molecule has 0 N–H and O–H groups in total. The van der Waals surface area contributed by atoms with Crippen LogP contribution in [0.5, 0.6) is 0 Å². The molecule has 1 fully saturated rings. The molecule has 0 bridgehead atoms. The van der Waals surface area contributed by atoms with Gasteiger partial charge in [-0.15, -0.1) is 0 Å². The molecule has 25 heavy (non-hydrogen) atoms. The van der Waals surface area contributed by atoms with Gasteiger partial charge in [-0.2, -0.15) is 0 Å². The van der Waals surface area contributed by atoms with Crippen molar-refractivity contribution in [2.75, 3.05) is 32.4 Å². The molecule has 1 saturated heterocycles. The van der Waals surface area contributed by atoms with Crippen molar-refractivity contribution < 1.29 is 4.79 Å². The van der Waals surface area contributed by atoms with E-state index in [1.54, 1.807) is 0 Å². The lowest BCUT2D eigenvalue weighted by Gasteiger charge is -2.40. The first-order valence-corrected chi connectivity index (χ1v) is 9.49. The molecule has 132 valence electrons. The number of thioether (sulfide) groups is 1. The SMILES string of the molecule is Cc1cc(C)nc(SCC(=O)N2CCN(C)C[C@H]2c2ccccc2)n1. The third kappa shape index (κ3) is 4.58. The number of rotatable bonds is 4. The van der Waals surface area contributed by atoms with Gasteiger partial charge in [-0.1, -0.05) is 42.1 Å². The van der Waals surface area contributed by atoms with E-state index < -0.39 is 0 Å². The van der Waals surface area contributed by atoms with Gasteiger partial charge >= 0.3 is 0 Å². The highest BCUT2D eigenvalue weighted by atomic mass is 32.2. The Balaban J connectivity index is 1.70. The number of aromatic nitrogens is 2. The number of carbonyl (C=O) groups excluding carboxylic acids is 1. The molecule has 3 rings (SSSR count). The Morgan fingerprint density at radius 1 is 1.16 bits per heavy atom. The fourth-order valence-corrected chi connectivity index (χ4v) is 3.98. The highest BCUT2D eigenvalue weighted by molar-refractivity contribution is 7.99. The van der Waals surface area contributed by atoms with Crippen molar-refractivity contribution in [1.82, 2.24) is 19.8 Å². The fourth-order valence-electron chi connectivity index (χ4n) is 3.15. The normalized spacial score (nSPS) is 18.4. The average Bonchev–Trinajstić information content (AvgIpc) is 2.59. The van der Waals surface area contributed by atoms with E-state index in [2.05, 4.69) is 34.0 Å². The number of nitrogens with zero attached hydrogens (tertiary/aromatic N) is 4. The van der Waals surface area contributed by atoms with Crippen LogP contribution in [-0.4, -0.2) is 58.1 Å². The average molecular weight is 356 g/mol. The second kappa shape index (κ2) is 7.97. The third-order valence-electron chi connectivity index (χ3n) is 4.37. The van der Waals surface area contributed by atoms with Crippen molar-refractivity contribution in [1.29, 1.82) is 0 Å². The Labute approximate surface area is 153 Å². The molecule has 0 saturated carbocycles. The fraction of sp³-hybridized carbons (Fsp3) is 0.421. The van der Waals surface area contributed by atoms with Gasteiger partial charge < -0.3 is 9.80 Å². The molecule has 1 amide bonds. The Morgan fingerprint density at radius 3 is 2.52 bits per heavy atom. The topological polar surface area (TPSA) is 49.3 Å². The number of aryl methyl sites for hydroxylation is 2. The van der Waals surface area contributed by atoms with Gasteiger partial charge in [0.25, 0.3) is 0 Å². The van der Waals surface area contributed by atoms with Gasteiger partial charge in [0.05, 0.1) is 11.8 Å². The van der Waals surface area contributed by atoms with Crippen LogP contribution in [0.25, 0.3) is 0 Å². The molecule has 0 spiro atoms. The maximum atomic E-state index is 12.9. The summed E-state index contributed by atoms with van der Waals surface area (Å²) >= 11 is 1.42. The number of carbonyl (C=O) groups is 1. The van der Waals surface area contributed by atoms with Gasteiger partial charge in [0.15, 0.2) is 5.16 Å². The van der Waals surface area contributed by atoms with Gasteiger partial charge in [0.1, 0.15) is 0 Å². The lowest BCUT2D eigenvalue weighted by molar-refractivity contribution is -0.133. The van der Waals surface area contributed by atoms with Crippen LogP contribution < -0.4 is 0 Å². The lowest BCUT2D eigenvalue weighted by atomic mass is 10.0. The summed E-state index contributed by atoms with van der Waals surface area (Å²) in [6.07, 6.45) is 0. The van der Waals surface area contributed by atoms with Gasteiger partial charge in [-0.3, -0.25) is 4.79 Å². The van der Waals surface area contributed by atoms with Crippen molar-refractivity contribution in [3.8, 4) is 0 Å². The van der Waals surface area contributed by atoms with Crippen LogP contribution in [0.1, 0.15) is 23.0 Å². The summed E-state index contributed by atoms with van der Waals surface area (Å²) in [5.41, 5.74) is 3.06. The zero-order valence-corrected chi connectivity index (χ0v) is 15.8. The van der Waals surface area contributed by atoms with E-state index in [0.717, 1.165) is 31.0 Å². The van der Waals surface area contributed by atoms with Crippen molar-refractivity contribution in [2.45, 2.75) is 25.0 Å². The molecule has 2 aromatic rings. The van der Waals surface area contributed by atoms with Crippen LogP contribution in [0.4, 0.5) is 0 Å². The van der Waals surface area contributed by atoms with Gasteiger partial charge in [-0.05, 0) is 32.5 Å².